The van der Waals surface area contributed by atoms with Gasteiger partial charge in [0.1, 0.15) is 0 Å². The number of halogens is 1. The van der Waals surface area contributed by atoms with Gasteiger partial charge in [0.05, 0.1) is 12.3 Å². The monoisotopic (exact) mass is 198 g/mol. The van der Waals surface area contributed by atoms with E-state index >= 15 is 0 Å². The third-order valence-electron chi connectivity index (χ3n) is 2.25. The van der Waals surface area contributed by atoms with E-state index in [-0.39, 0.29) is 0 Å². The van der Waals surface area contributed by atoms with Crippen molar-refractivity contribution in [3.05, 3.63) is 23.0 Å². The molecule has 1 saturated heterocycles. The van der Waals surface area contributed by atoms with E-state index < -0.39 is 0 Å². The highest BCUT2D eigenvalue weighted by molar-refractivity contribution is 6.31. The molecule has 1 aliphatic heterocycles. The quantitative estimate of drug-likeness (QED) is 0.701. The molecule has 13 heavy (non-hydrogen) atoms. The van der Waals surface area contributed by atoms with Gasteiger partial charge in [0.25, 0.3) is 0 Å². The average molecular weight is 199 g/mol. The number of anilines is 1. The van der Waals surface area contributed by atoms with E-state index in [1.54, 1.807) is 6.07 Å². The highest BCUT2D eigenvalue weighted by Crippen LogP contribution is 2.26. The molecule has 2 N–H and O–H groups in total. The Kier molecular flexibility index (Phi) is 2.38. The molecule has 1 atom stereocenters. The number of hydrogen-bond acceptors (Lipinski definition) is 3. The van der Waals surface area contributed by atoms with Crippen molar-refractivity contribution < 1.29 is 4.74 Å². The van der Waals surface area contributed by atoms with Crippen molar-refractivity contribution >= 4 is 17.3 Å². The van der Waals surface area contributed by atoms with Crippen molar-refractivity contribution in [1.82, 2.24) is 4.98 Å². The first-order valence-corrected chi connectivity index (χ1v) is 4.65. The van der Waals surface area contributed by atoms with Crippen LogP contribution in [-0.4, -0.2) is 18.2 Å². The highest BCUT2D eigenvalue weighted by Gasteiger charge is 2.19. The second kappa shape index (κ2) is 3.52. The molecule has 1 aromatic heterocycles. The zero-order chi connectivity index (χ0) is 9.26. The van der Waals surface area contributed by atoms with Crippen molar-refractivity contribution in [2.24, 2.45) is 0 Å². The summed E-state index contributed by atoms with van der Waals surface area (Å²) in [5, 5.41) is 0.393. The molecule has 1 aliphatic rings. The molecule has 1 aromatic rings. The Bertz CT molecular complexity index is 310. The first-order chi connectivity index (χ1) is 6.27. The van der Waals surface area contributed by atoms with Crippen molar-refractivity contribution in [3.8, 4) is 0 Å². The molecule has 0 bridgehead atoms. The number of nitrogens with two attached hydrogens (primary N) is 1. The molecule has 0 aliphatic carbocycles. The van der Waals surface area contributed by atoms with E-state index in [0.29, 0.717) is 16.8 Å². The van der Waals surface area contributed by atoms with Crippen LogP contribution in [0.5, 0.6) is 0 Å². The molecular formula is C9H11ClN2O. The lowest BCUT2D eigenvalue weighted by molar-refractivity contribution is 0.193. The Morgan fingerprint density at radius 3 is 3.00 bits per heavy atom. The largest absolute Gasteiger partial charge is 0.396 e. The SMILES string of the molecule is Nc1ccc(C2CCOC2)nc1Cl. The van der Waals surface area contributed by atoms with Gasteiger partial charge in [-0.1, -0.05) is 11.6 Å². The minimum absolute atomic E-state index is 0.387. The lowest BCUT2D eigenvalue weighted by Crippen LogP contribution is -2.02. The average Bonchev–Trinajstić information content (AvgIpc) is 2.62. The Morgan fingerprint density at radius 1 is 1.54 bits per heavy atom. The summed E-state index contributed by atoms with van der Waals surface area (Å²) >= 11 is 5.82. The minimum Gasteiger partial charge on any atom is -0.396 e. The van der Waals surface area contributed by atoms with E-state index in [1.165, 1.54) is 0 Å². The topological polar surface area (TPSA) is 48.1 Å². The van der Waals surface area contributed by atoms with E-state index in [1.807, 2.05) is 6.07 Å². The van der Waals surface area contributed by atoms with Gasteiger partial charge >= 0.3 is 0 Å². The van der Waals surface area contributed by atoms with Crippen molar-refractivity contribution in [2.75, 3.05) is 18.9 Å². The van der Waals surface area contributed by atoms with Gasteiger partial charge in [0, 0.05) is 18.2 Å². The van der Waals surface area contributed by atoms with Gasteiger partial charge in [-0.25, -0.2) is 4.98 Å². The standard InChI is InChI=1S/C9H11ClN2O/c10-9-7(11)1-2-8(12-9)6-3-4-13-5-6/h1-2,6H,3-5,11H2. The molecule has 0 spiro atoms. The zero-order valence-corrected chi connectivity index (χ0v) is 7.92. The van der Waals surface area contributed by atoms with Gasteiger partial charge in [-0.05, 0) is 18.6 Å². The Hall–Kier alpha value is -0.800. The summed E-state index contributed by atoms with van der Waals surface area (Å²) in [6, 6.07) is 3.71. The van der Waals surface area contributed by atoms with Gasteiger partial charge in [0.2, 0.25) is 0 Å². The fourth-order valence-corrected chi connectivity index (χ4v) is 1.61. The predicted octanol–water partition coefficient (Wildman–Crippen LogP) is 1.82. The molecular weight excluding hydrogens is 188 g/mol. The van der Waals surface area contributed by atoms with Crippen LogP contribution in [0.4, 0.5) is 5.69 Å². The highest BCUT2D eigenvalue weighted by atomic mass is 35.5. The molecule has 2 heterocycles. The molecule has 0 saturated carbocycles. The number of rotatable bonds is 1. The molecule has 0 amide bonds. The number of hydrogen-bond donors (Lipinski definition) is 1. The molecule has 0 radical (unpaired) electrons. The summed E-state index contributed by atoms with van der Waals surface area (Å²) in [6.45, 7) is 1.56. The second-order valence-corrected chi connectivity index (χ2v) is 3.53. The zero-order valence-electron chi connectivity index (χ0n) is 7.16. The van der Waals surface area contributed by atoms with Crippen molar-refractivity contribution in [1.29, 1.82) is 0 Å². The van der Waals surface area contributed by atoms with Crippen LogP contribution >= 0.6 is 11.6 Å². The molecule has 2 rings (SSSR count). The lowest BCUT2D eigenvalue weighted by Gasteiger charge is -2.07. The number of nitrogens with zero attached hydrogens (tertiary/aromatic N) is 1. The molecule has 0 aromatic carbocycles. The summed E-state index contributed by atoms with van der Waals surface area (Å²) in [5.74, 6) is 0.387. The number of nitrogen functional groups attached to an aromatic ring is 1. The number of pyridine rings is 1. The fraction of sp³-hybridized carbons (Fsp3) is 0.444. The van der Waals surface area contributed by atoms with Gasteiger partial charge in [-0.2, -0.15) is 0 Å². The van der Waals surface area contributed by atoms with E-state index in [2.05, 4.69) is 4.98 Å². The smallest absolute Gasteiger partial charge is 0.152 e. The van der Waals surface area contributed by atoms with Crippen LogP contribution in [0.1, 0.15) is 18.0 Å². The van der Waals surface area contributed by atoms with Crippen LogP contribution in [0.15, 0.2) is 12.1 Å². The summed E-state index contributed by atoms with van der Waals surface area (Å²) in [5.41, 5.74) is 7.08. The lowest BCUT2D eigenvalue weighted by atomic mass is 10.0. The van der Waals surface area contributed by atoms with Crippen molar-refractivity contribution in [3.63, 3.8) is 0 Å². The Morgan fingerprint density at radius 2 is 2.38 bits per heavy atom. The first kappa shape index (κ1) is 8.78. The van der Waals surface area contributed by atoms with E-state index in [4.69, 9.17) is 22.1 Å². The maximum atomic E-state index is 5.82. The fourth-order valence-electron chi connectivity index (χ4n) is 1.45. The number of aromatic nitrogens is 1. The first-order valence-electron chi connectivity index (χ1n) is 4.27. The summed E-state index contributed by atoms with van der Waals surface area (Å²) in [4.78, 5) is 4.22. The van der Waals surface area contributed by atoms with Crippen LogP contribution in [0, 0.1) is 0 Å². The summed E-state index contributed by atoms with van der Waals surface area (Å²) < 4.78 is 5.27. The third kappa shape index (κ3) is 1.76. The number of ether oxygens (including phenoxy) is 1. The Balaban J connectivity index is 2.25. The van der Waals surface area contributed by atoms with E-state index in [0.717, 1.165) is 25.3 Å². The normalized spacial score (nSPS) is 22.1. The molecule has 1 unspecified atom stereocenters. The summed E-state index contributed by atoms with van der Waals surface area (Å²) in [7, 11) is 0. The maximum Gasteiger partial charge on any atom is 0.152 e. The van der Waals surface area contributed by atoms with Gasteiger partial charge in [-0.3, -0.25) is 0 Å². The Labute approximate surface area is 81.9 Å². The minimum atomic E-state index is 0.387. The maximum absolute atomic E-state index is 5.82. The second-order valence-electron chi connectivity index (χ2n) is 3.18. The third-order valence-corrected chi connectivity index (χ3v) is 2.55. The van der Waals surface area contributed by atoms with Crippen molar-refractivity contribution in [2.45, 2.75) is 12.3 Å². The van der Waals surface area contributed by atoms with E-state index in [9.17, 15) is 0 Å². The molecule has 4 heteroatoms. The van der Waals surface area contributed by atoms with Gasteiger partial charge in [0.15, 0.2) is 5.15 Å². The molecule has 1 fully saturated rings. The molecule has 3 nitrogen and oxygen atoms in total. The van der Waals surface area contributed by atoms with Crippen LogP contribution in [-0.2, 0) is 4.74 Å². The van der Waals surface area contributed by atoms with Crippen LogP contribution in [0.25, 0.3) is 0 Å². The summed E-state index contributed by atoms with van der Waals surface area (Å²) in [6.07, 6.45) is 1.02. The van der Waals surface area contributed by atoms with Crippen LogP contribution < -0.4 is 5.73 Å². The molecule has 70 valence electrons. The van der Waals surface area contributed by atoms with Gasteiger partial charge < -0.3 is 10.5 Å². The van der Waals surface area contributed by atoms with Crippen LogP contribution in [0.2, 0.25) is 5.15 Å². The predicted molar refractivity (Wildman–Crippen MR) is 51.8 cm³/mol. The van der Waals surface area contributed by atoms with Crippen LogP contribution in [0.3, 0.4) is 0 Å². The van der Waals surface area contributed by atoms with Gasteiger partial charge in [-0.15, -0.1) is 0 Å².